The molecule has 0 spiro atoms. The third-order valence-corrected chi connectivity index (χ3v) is 4.87. The molecule has 3 rings (SSSR count). The molecule has 0 radical (unpaired) electrons. The number of hydrogen-bond acceptors (Lipinski definition) is 5. The van der Waals surface area contributed by atoms with Gasteiger partial charge in [0.1, 0.15) is 11.4 Å². The molecule has 1 saturated heterocycles. The molecule has 118 valence electrons. The zero-order chi connectivity index (χ0) is 15.9. The van der Waals surface area contributed by atoms with Crippen LogP contribution in [-0.4, -0.2) is 45.0 Å². The Balaban J connectivity index is 1.83. The predicted octanol–water partition coefficient (Wildman–Crippen LogP) is 1.06. The van der Waals surface area contributed by atoms with Crippen LogP contribution in [0.25, 0.3) is 10.2 Å². The molecule has 1 fully saturated rings. The first-order valence-corrected chi connectivity index (χ1v) is 8.22. The number of amides is 1. The fourth-order valence-electron chi connectivity index (χ4n) is 2.75. The van der Waals surface area contributed by atoms with E-state index in [1.54, 1.807) is 6.07 Å². The fraction of sp³-hybridized carbons (Fsp3) is 0.533. The molecular weight excluding hydrogens is 300 g/mol. The van der Waals surface area contributed by atoms with Crippen LogP contribution in [0.4, 0.5) is 0 Å². The third kappa shape index (κ3) is 2.78. The van der Waals surface area contributed by atoms with E-state index in [1.165, 1.54) is 22.2 Å². The molecule has 0 aliphatic carbocycles. The molecule has 1 aliphatic heterocycles. The highest BCUT2D eigenvalue weighted by Crippen LogP contribution is 2.16. The molecule has 7 heteroatoms. The molecule has 1 atom stereocenters. The van der Waals surface area contributed by atoms with Crippen LogP contribution in [0.1, 0.15) is 20.8 Å². The summed E-state index contributed by atoms with van der Waals surface area (Å²) in [7, 11) is 0. The summed E-state index contributed by atoms with van der Waals surface area (Å²) < 4.78 is 1.40. The summed E-state index contributed by atoms with van der Waals surface area (Å²) in [6, 6.07) is 1.88. The Hall–Kier alpha value is -1.73. The first-order chi connectivity index (χ1) is 10.4. The van der Waals surface area contributed by atoms with Gasteiger partial charge in [0.15, 0.2) is 0 Å². The van der Waals surface area contributed by atoms with Crippen molar-refractivity contribution in [3.63, 3.8) is 0 Å². The monoisotopic (exact) mass is 320 g/mol. The van der Waals surface area contributed by atoms with Crippen LogP contribution < -0.4 is 10.9 Å². The van der Waals surface area contributed by atoms with Gasteiger partial charge < -0.3 is 10.2 Å². The minimum absolute atomic E-state index is 0.0397. The Morgan fingerprint density at radius 2 is 2.32 bits per heavy atom. The maximum absolute atomic E-state index is 12.6. The van der Waals surface area contributed by atoms with Crippen LogP contribution in [0.3, 0.4) is 0 Å². The number of fused-ring (bicyclic) bond motifs is 1. The lowest BCUT2D eigenvalue weighted by Gasteiger charge is -2.43. The van der Waals surface area contributed by atoms with Gasteiger partial charge in [-0.25, -0.2) is 4.98 Å². The topological polar surface area (TPSA) is 67.2 Å². The van der Waals surface area contributed by atoms with Crippen molar-refractivity contribution in [2.75, 3.05) is 13.1 Å². The zero-order valence-corrected chi connectivity index (χ0v) is 13.8. The third-order valence-electron chi connectivity index (χ3n) is 4.05. The van der Waals surface area contributed by atoms with Gasteiger partial charge in [-0.3, -0.25) is 14.2 Å². The molecule has 1 N–H and O–H groups in total. The van der Waals surface area contributed by atoms with E-state index in [0.29, 0.717) is 16.8 Å². The molecule has 22 heavy (non-hydrogen) atoms. The second-order valence-electron chi connectivity index (χ2n) is 6.45. The molecular formula is C15H20N4O2S. The summed E-state index contributed by atoms with van der Waals surface area (Å²) in [5, 5.41) is 5.83. The smallest absolute Gasteiger partial charge is 0.262 e. The van der Waals surface area contributed by atoms with Gasteiger partial charge in [0.2, 0.25) is 5.91 Å². The first kappa shape index (κ1) is 15.2. The van der Waals surface area contributed by atoms with E-state index < -0.39 is 0 Å². The SMILES string of the molecule is CC1CNC(C)(C)CN1C(=O)Cn1cnc2sccc2c1=O. The normalized spacial score (nSPS) is 21.2. The van der Waals surface area contributed by atoms with Gasteiger partial charge in [0, 0.05) is 24.7 Å². The number of carbonyl (C=O) groups excluding carboxylic acids is 1. The number of rotatable bonds is 2. The molecule has 1 amide bonds. The van der Waals surface area contributed by atoms with Crippen molar-refractivity contribution in [2.24, 2.45) is 0 Å². The molecule has 2 aromatic heterocycles. The highest BCUT2D eigenvalue weighted by atomic mass is 32.1. The second kappa shape index (κ2) is 5.48. The second-order valence-corrected chi connectivity index (χ2v) is 7.35. The summed E-state index contributed by atoms with van der Waals surface area (Å²) in [5.41, 5.74) is -0.260. The van der Waals surface area contributed by atoms with E-state index in [9.17, 15) is 9.59 Å². The first-order valence-electron chi connectivity index (χ1n) is 7.34. The maximum Gasteiger partial charge on any atom is 0.262 e. The Bertz CT molecular complexity index is 764. The maximum atomic E-state index is 12.6. The minimum Gasteiger partial charge on any atom is -0.335 e. The van der Waals surface area contributed by atoms with Crippen LogP contribution in [0, 0.1) is 0 Å². The van der Waals surface area contributed by atoms with Crippen molar-refractivity contribution in [2.45, 2.75) is 38.9 Å². The lowest BCUT2D eigenvalue weighted by atomic mass is 9.99. The summed E-state index contributed by atoms with van der Waals surface area (Å²) >= 11 is 1.43. The molecule has 1 unspecified atom stereocenters. The lowest BCUT2D eigenvalue weighted by molar-refractivity contribution is -0.136. The van der Waals surface area contributed by atoms with Gasteiger partial charge in [-0.2, -0.15) is 0 Å². The average molecular weight is 320 g/mol. The van der Waals surface area contributed by atoms with Crippen LogP contribution in [0.2, 0.25) is 0 Å². The highest BCUT2D eigenvalue weighted by molar-refractivity contribution is 7.16. The van der Waals surface area contributed by atoms with E-state index in [-0.39, 0.29) is 29.6 Å². The number of thiophene rings is 1. The molecule has 6 nitrogen and oxygen atoms in total. The number of nitrogens with zero attached hydrogens (tertiary/aromatic N) is 3. The van der Waals surface area contributed by atoms with Gasteiger partial charge in [-0.1, -0.05) is 0 Å². The Labute approximate surface area is 132 Å². The van der Waals surface area contributed by atoms with Gasteiger partial charge in [0.05, 0.1) is 11.7 Å². The summed E-state index contributed by atoms with van der Waals surface area (Å²) in [5.74, 6) is -0.0412. The molecule has 0 bridgehead atoms. The number of carbonyl (C=O) groups is 1. The van der Waals surface area contributed by atoms with Crippen molar-refractivity contribution in [3.05, 3.63) is 28.1 Å². The van der Waals surface area contributed by atoms with Crippen molar-refractivity contribution in [3.8, 4) is 0 Å². The van der Waals surface area contributed by atoms with Crippen LogP contribution >= 0.6 is 11.3 Å². The largest absolute Gasteiger partial charge is 0.335 e. The molecule has 3 heterocycles. The lowest BCUT2D eigenvalue weighted by Crippen LogP contribution is -2.62. The quantitative estimate of drug-likeness (QED) is 0.898. The van der Waals surface area contributed by atoms with E-state index >= 15 is 0 Å². The number of nitrogens with one attached hydrogen (secondary N) is 1. The van der Waals surface area contributed by atoms with Gasteiger partial charge >= 0.3 is 0 Å². The van der Waals surface area contributed by atoms with Crippen molar-refractivity contribution in [1.82, 2.24) is 19.8 Å². The van der Waals surface area contributed by atoms with Crippen molar-refractivity contribution < 1.29 is 4.79 Å². The van der Waals surface area contributed by atoms with E-state index in [1.807, 2.05) is 17.2 Å². The highest BCUT2D eigenvalue weighted by Gasteiger charge is 2.33. The predicted molar refractivity (Wildman–Crippen MR) is 87.1 cm³/mol. The standard InChI is InChI=1S/C15H20N4O2S/c1-10-6-17-15(2,3)8-19(10)12(20)7-18-9-16-13-11(14(18)21)4-5-22-13/h4-5,9-10,17H,6-8H2,1-3H3. The van der Waals surface area contributed by atoms with Crippen LogP contribution in [0.15, 0.2) is 22.6 Å². The Morgan fingerprint density at radius 3 is 3.09 bits per heavy atom. The number of aromatic nitrogens is 2. The molecule has 0 aromatic carbocycles. The van der Waals surface area contributed by atoms with E-state index in [4.69, 9.17) is 0 Å². The van der Waals surface area contributed by atoms with Gasteiger partial charge in [0.25, 0.3) is 5.56 Å². The number of hydrogen-bond donors (Lipinski definition) is 1. The van der Waals surface area contributed by atoms with Crippen molar-refractivity contribution in [1.29, 1.82) is 0 Å². The Morgan fingerprint density at radius 1 is 1.55 bits per heavy atom. The summed E-state index contributed by atoms with van der Waals surface area (Å²) in [4.78, 5) is 31.8. The van der Waals surface area contributed by atoms with E-state index in [0.717, 1.165) is 6.54 Å². The Kier molecular flexibility index (Phi) is 3.78. The number of piperazine rings is 1. The average Bonchev–Trinajstić information content (AvgIpc) is 2.94. The summed E-state index contributed by atoms with van der Waals surface area (Å²) in [6.07, 6.45) is 1.47. The van der Waals surface area contributed by atoms with Gasteiger partial charge in [-0.05, 0) is 32.2 Å². The fourth-order valence-corrected chi connectivity index (χ4v) is 3.47. The van der Waals surface area contributed by atoms with Crippen LogP contribution in [0.5, 0.6) is 0 Å². The zero-order valence-electron chi connectivity index (χ0n) is 13.0. The van der Waals surface area contributed by atoms with Gasteiger partial charge in [-0.15, -0.1) is 11.3 Å². The van der Waals surface area contributed by atoms with Crippen LogP contribution in [-0.2, 0) is 11.3 Å². The van der Waals surface area contributed by atoms with Crippen molar-refractivity contribution >= 4 is 27.5 Å². The molecule has 0 saturated carbocycles. The van der Waals surface area contributed by atoms with E-state index in [2.05, 4.69) is 24.1 Å². The molecule has 1 aliphatic rings. The molecule has 2 aromatic rings. The summed E-state index contributed by atoms with van der Waals surface area (Å²) in [6.45, 7) is 7.60. The minimum atomic E-state index is -0.151.